The molecule has 0 atom stereocenters. The van der Waals surface area contributed by atoms with Crippen molar-refractivity contribution in [3.8, 4) is 28.6 Å². The van der Waals surface area contributed by atoms with E-state index in [1.165, 1.54) is 0 Å². The summed E-state index contributed by atoms with van der Waals surface area (Å²) in [4.78, 5) is 12.8. The molecule has 0 radical (unpaired) electrons. The second kappa shape index (κ2) is 6.32. The molecule has 0 fully saturated rings. The van der Waals surface area contributed by atoms with E-state index >= 15 is 0 Å². The molecule has 1 aromatic heterocycles. The Kier molecular flexibility index (Phi) is 4.05. The summed E-state index contributed by atoms with van der Waals surface area (Å²) >= 11 is 0. The summed E-state index contributed by atoms with van der Waals surface area (Å²) in [6.07, 6.45) is 0. The lowest BCUT2D eigenvalue weighted by atomic mass is 10.0. The molecule has 0 bridgehead atoms. The fourth-order valence-corrected chi connectivity index (χ4v) is 2.40. The maximum absolute atomic E-state index is 8.96. The molecule has 3 aromatic rings. The van der Waals surface area contributed by atoms with Crippen molar-refractivity contribution >= 4 is 5.69 Å². The number of aromatic nitrogens is 2. The van der Waals surface area contributed by atoms with Crippen LogP contribution in [-0.2, 0) is 0 Å². The van der Waals surface area contributed by atoms with E-state index in [1.54, 1.807) is 24.3 Å². The lowest BCUT2D eigenvalue weighted by Gasteiger charge is -2.12. The van der Waals surface area contributed by atoms with Gasteiger partial charge in [-0.3, -0.25) is 0 Å². The van der Waals surface area contributed by atoms with Crippen molar-refractivity contribution in [2.24, 2.45) is 0 Å². The molecule has 0 unspecified atom stereocenters. The summed E-state index contributed by atoms with van der Waals surface area (Å²) in [5, 5.41) is 8.96. The van der Waals surface area contributed by atoms with E-state index in [2.05, 4.69) is 10.9 Å². The summed E-state index contributed by atoms with van der Waals surface area (Å²) in [7, 11) is 0. The molecule has 4 heteroatoms. The second-order valence-electron chi connectivity index (χ2n) is 5.44. The van der Waals surface area contributed by atoms with Gasteiger partial charge >= 0.3 is 0 Å². The monoisotopic (exact) mass is 310 g/mol. The highest BCUT2D eigenvalue weighted by atomic mass is 14.8. The fraction of sp³-hybridized carbons (Fsp3) is 0.100. The Hall–Kier alpha value is -3.50. The van der Waals surface area contributed by atoms with Crippen molar-refractivity contribution < 1.29 is 0 Å². The first kappa shape index (κ1) is 15.4. The highest BCUT2D eigenvalue weighted by Gasteiger charge is 2.13. The van der Waals surface area contributed by atoms with Crippen LogP contribution in [0.15, 0.2) is 48.5 Å². The van der Waals surface area contributed by atoms with Crippen LogP contribution in [-0.4, -0.2) is 9.97 Å². The zero-order valence-electron chi connectivity index (χ0n) is 13.4. The second-order valence-corrected chi connectivity index (χ2v) is 5.44. The van der Waals surface area contributed by atoms with Crippen molar-refractivity contribution in [1.29, 1.82) is 5.26 Å². The van der Waals surface area contributed by atoms with E-state index in [-0.39, 0.29) is 0 Å². The summed E-state index contributed by atoms with van der Waals surface area (Å²) < 4.78 is 0. The zero-order chi connectivity index (χ0) is 17.1. The third-order valence-electron chi connectivity index (χ3n) is 3.86. The molecule has 0 aliphatic rings. The lowest BCUT2D eigenvalue weighted by molar-refractivity contribution is 1.06. The minimum atomic E-state index is 0.593. The third-order valence-corrected chi connectivity index (χ3v) is 3.86. The molecule has 0 saturated heterocycles. The van der Waals surface area contributed by atoms with E-state index in [0.29, 0.717) is 11.3 Å². The number of benzene rings is 2. The van der Waals surface area contributed by atoms with Crippen molar-refractivity contribution in [2.75, 3.05) is 0 Å². The summed E-state index contributed by atoms with van der Waals surface area (Å²) in [6, 6.07) is 16.8. The summed E-state index contributed by atoms with van der Waals surface area (Å²) in [5.41, 5.74) is 6.32. The van der Waals surface area contributed by atoms with Gasteiger partial charge in [-0.2, -0.15) is 5.26 Å². The van der Waals surface area contributed by atoms with Crippen LogP contribution in [0.3, 0.4) is 0 Å². The summed E-state index contributed by atoms with van der Waals surface area (Å²) in [5.74, 6) is 0. The predicted octanol–water partition coefficient (Wildman–Crippen LogP) is 4.85. The minimum absolute atomic E-state index is 0.593. The van der Waals surface area contributed by atoms with Crippen LogP contribution < -0.4 is 0 Å². The predicted molar refractivity (Wildman–Crippen MR) is 93.4 cm³/mol. The Bertz CT molecular complexity index is 890. The van der Waals surface area contributed by atoms with Crippen LogP contribution in [0.5, 0.6) is 0 Å². The van der Waals surface area contributed by atoms with Gasteiger partial charge in [0.1, 0.15) is 0 Å². The topological polar surface area (TPSA) is 53.9 Å². The van der Waals surface area contributed by atoms with E-state index < -0.39 is 0 Å². The number of aryl methyl sites for hydroxylation is 2. The normalized spacial score (nSPS) is 10.0. The highest BCUT2D eigenvalue weighted by molar-refractivity contribution is 5.79. The molecule has 114 valence electrons. The SMILES string of the molecule is [C-]#[N+]c1ccc(-c2nc(C)c(C)nc2-c2ccc(C#N)cc2)cc1. The van der Waals surface area contributed by atoms with Gasteiger partial charge in [-0.1, -0.05) is 36.4 Å². The van der Waals surface area contributed by atoms with Gasteiger partial charge < -0.3 is 0 Å². The van der Waals surface area contributed by atoms with Crippen LogP contribution in [0.1, 0.15) is 17.0 Å². The Morgan fingerprint density at radius 2 is 1.29 bits per heavy atom. The van der Waals surface area contributed by atoms with E-state index in [9.17, 15) is 0 Å². The van der Waals surface area contributed by atoms with Crippen molar-refractivity contribution in [2.45, 2.75) is 13.8 Å². The van der Waals surface area contributed by atoms with Gasteiger partial charge in [-0.05, 0) is 31.5 Å². The molecular formula is C20H14N4. The molecule has 2 aromatic carbocycles. The fourth-order valence-electron chi connectivity index (χ4n) is 2.40. The molecule has 0 aliphatic carbocycles. The van der Waals surface area contributed by atoms with Gasteiger partial charge in [0.25, 0.3) is 0 Å². The van der Waals surface area contributed by atoms with E-state index in [1.807, 2.05) is 38.1 Å². The third kappa shape index (κ3) is 2.86. The molecule has 1 heterocycles. The molecule has 3 rings (SSSR count). The van der Waals surface area contributed by atoms with Crippen LogP contribution in [0.4, 0.5) is 5.69 Å². The van der Waals surface area contributed by atoms with Crippen molar-refractivity contribution in [1.82, 2.24) is 9.97 Å². The van der Waals surface area contributed by atoms with Gasteiger partial charge in [-0.25, -0.2) is 14.8 Å². The Balaban J connectivity index is 2.19. The van der Waals surface area contributed by atoms with Crippen LogP contribution in [0.2, 0.25) is 0 Å². The largest absolute Gasteiger partial charge is 0.249 e. The van der Waals surface area contributed by atoms with Crippen LogP contribution in [0, 0.1) is 31.8 Å². The quantitative estimate of drug-likeness (QED) is 0.636. The van der Waals surface area contributed by atoms with Gasteiger partial charge in [0, 0.05) is 5.56 Å². The Morgan fingerprint density at radius 3 is 1.71 bits per heavy atom. The van der Waals surface area contributed by atoms with Crippen LogP contribution in [0.25, 0.3) is 27.4 Å². The first-order chi connectivity index (χ1) is 11.6. The average Bonchev–Trinajstić information content (AvgIpc) is 2.64. The van der Waals surface area contributed by atoms with E-state index in [0.717, 1.165) is 33.9 Å². The standard InChI is InChI=1S/C20H14N4/c1-13-14(2)24-20(17-8-10-18(22-3)11-9-17)19(23-13)16-6-4-15(12-21)5-7-16/h4-11H,1-2H3. The molecule has 0 amide bonds. The lowest BCUT2D eigenvalue weighted by Crippen LogP contribution is -1.99. The zero-order valence-corrected chi connectivity index (χ0v) is 13.4. The number of hydrogen-bond donors (Lipinski definition) is 0. The molecular weight excluding hydrogens is 296 g/mol. The number of nitriles is 1. The maximum atomic E-state index is 8.96. The van der Waals surface area contributed by atoms with Gasteiger partial charge in [0.2, 0.25) is 0 Å². The number of hydrogen-bond acceptors (Lipinski definition) is 3. The van der Waals surface area contributed by atoms with Crippen molar-refractivity contribution in [3.05, 3.63) is 76.9 Å². The molecule has 0 spiro atoms. The average molecular weight is 310 g/mol. The number of nitrogens with zero attached hydrogens (tertiary/aromatic N) is 4. The maximum Gasteiger partial charge on any atom is 0.187 e. The smallest absolute Gasteiger partial charge is 0.187 e. The minimum Gasteiger partial charge on any atom is -0.249 e. The van der Waals surface area contributed by atoms with Crippen molar-refractivity contribution in [3.63, 3.8) is 0 Å². The van der Waals surface area contributed by atoms with Crippen LogP contribution >= 0.6 is 0 Å². The Labute approximate surface area is 140 Å². The van der Waals surface area contributed by atoms with E-state index in [4.69, 9.17) is 21.8 Å². The number of rotatable bonds is 2. The van der Waals surface area contributed by atoms with Gasteiger partial charge in [-0.15, -0.1) is 0 Å². The highest BCUT2D eigenvalue weighted by Crippen LogP contribution is 2.31. The Morgan fingerprint density at radius 1 is 0.833 bits per heavy atom. The van der Waals surface area contributed by atoms with Gasteiger partial charge in [0.05, 0.1) is 41.0 Å². The first-order valence-electron chi connectivity index (χ1n) is 7.46. The molecule has 0 aliphatic heterocycles. The molecule has 0 saturated carbocycles. The molecule has 24 heavy (non-hydrogen) atoms. The van der Waals surface area contributed by atoms with Gasteiger partial charge in [0.15, 0.2) is 5.69 Å². The first-order valence-corrected chi connectivity index (χ1v) is 7.46. The summed E-state index contributed by atoms with van der Waals surface area (Å²) in [6.45, 7) is 10.9. The molecule has 0 N–H and O–H groups in total. The molecule has 4 nitrogen and oxygen atoms in total.